The second-order valence-corrected chi connectivity index (χ2v) is 8.11. The first-order valence-electron chi connectivity index (χ1n) is 10.0. The fourth-order valence-corrected chi connectivity index (χ4v) is 3.74. The van der Waals surface area contributed by atoms with Crippen LogP contribution in [0.25, 0.3) is 0 Å². The standard InChI is InChI=1S/C23H28ClN3O3/c1-17(28)25(2)21-11-12-27(14-21)15-23(29)26(3)20-7-9-22(10-8-20)30-16-18-5-4-6-19(24)13-18/h4-10,13,21H,11-12,14-16H2,1-3H3/t21-/m0/s1. The zero-order valence-electron chi connectivity index (χ0n) is 17.7. The lowest BCUT2D eigenvalue weighted by Gasteiger charge is -2.24. The van der Waals surface area contributed by atoms with Crippen molar-refractivity contribution in [2.75, 3.05) is 38.6 Å². The molecule has 0 spiro atoms. The first-order chi connectivity index (χ1) is 14.3. The quantitative estimate of drug-likeness (QED) is 0.676. The van der Waals surface area contributed by atoms with E-state index in [-0.39, 0.29) is 17.9 Å². The Morgan fingerprint density at radius 2 is 1.90 bits per heavy atom. The molecule has 1 atom stereocenters. The minimum Gasteiger partial charge on any atom is -0.489 e. The Hall–Kier alpha value is -2.57. The lowest BCUT2D eigenvalue weighted by Crippen LogP contribution is -2.41. The van der Waals surface area contributed by atoms with Crippen LogP contribution in [0.2, 0.25) is 5.02 Å². The van der Waals surface area contributed by atoms with Crippen LogP contribution >= 0.6 is 11.6 Å². The van der Waals surface area contributed by atoms with Crippen molar-refractivity contribution >= 4 is 29.1 Å². The van der Waals surface area contributed by atoms with E-state index in [0.717, 1.165) is 36.5 Å². The summed E-state index contributed by atoms with van der Waals surface area (Å²) >= 11 is 6.00. The molecule has 0 aliphatic carbocycles. The molecule has 2 amide bonds. The molecule has 30 heavy (non-hydrogen) atoms. The summed E-state index contributed by atoms with van der Waals surface area (Å²) in [5.74, 6) is 0.811. The summed E-state index contributed by atoms with van der Waals surface area (Å²) in [7, 11) is 3.60. The summed E-state index contributed by atoms with van der Waals surface area (Å²) in [5.41, 5.74) is 1.81. The van der Waals surface area contributed by atoms with Crippen LogP contribution in [0.1, 0.15) is 18.9 Å². The molecule has 1 heterocycles. The Bertz CT molecular complexity index is 888. The van der Waals surface area contributed by atoms with E-state index in [0.29, 0.717) is 18.2 Å². The molecule has 2 aromatic carbocycles. The fourth-order valence-electron chi connectivity index (χ4n) is 3.53. The maximum atomic E-state index is 12.7. The summed E-state index contributed by atoms with van der Waals surface area (Å²) < 4.78 is 5.80. The van der Waals surface area contributed by atoms with Gasteiger partial charge in [-0.3, -0.25) is 14.5 Å². The van der Waals surface area contributed by atoms with E-state index in [1.165, 1.54) is 0 Å². The minimum atomic E-state index is 0.0220. The third kappa shape index (κ3) is 5.74. The number of carbonyl (C=O) groups is 2. The summed E-state index contributed by atoms with van der Waals surface area (Å²) in [6.45, 7) is 3.89. The highest BCUT2D eigenvalue weighted by atomic mass is 35.5. The molecular weight excluding hydrogens is 402 g/mol. The Morgan fingerprint density at radius 3 is 2.57 bits per heavy atom. The molecule has 7 heteroatoms. The first-order valence-corrected chi connectivity index (χ1v) is 10.4. The SMILES string of the molecule is CC(=O)N(C)[C@H]1CCN(CC(=O)N(C)c2ccc(OCc3cccc(Cl)c3)cc2)C1. The average Bonchev–Trinajstić information content (AvgIpc) is 3.19. The van der Waals surface area contributed by atoms with Gasteiger partial charge in [-0.15, -0.1) is 0 Å². The number of likely N-dealkylation sites (N-methyl/N-ethyl adjacent to an activating group) is 2. The number of hydrogen-bond acceptors (Lipinski definition) is 4. The predicted molar refractivity (Wildman–Crippen MR) is 119 cm³/mol. The third-order valence-corrected chi connectivity index (χ3v) is 5.78. The fraction of sp³-hybridized carbons (Fsp3) is 0.391. The summed E-state index contributed by atoms with van der Waals surface area (Å²) in [5, 5.41) is 0.684. The molecule has 6 nitrogen and oxygen atoms in total. The highest BCUT2D eigenvalue weighted by Gasteiger charge is 2.28. The smallest absolute Gasteiger partial charge is 0.240 e. The summed E-state index contributed by atoms with van der Waals surface area (Å²) in [4.78, 5) is 29.8. The highest BCUT2D eigenvalue weighted by Crippen LogP contribution is 2.21. The molecule has 1 aliphatic heterocycles. The van der Waals surface area contributed by atoms with Crippen LogP contribution in [0, 0.1) is 0 Å². The molecule has 0 radical (unpaired) electrons. The van der Waals surface area contributed by atoms with Crippen LogP contribution in [-0.4, -0.2) is 61.4 Å². The van der Waals surface area contributed by atoms with E-state index in [1.54, 1.807) is 23.8 Å². The molecule has 1 aliphatic rings. The van der Waals surface area contributed by atoms with Gasteiger partial charge in [0.1, 0.15) is 12.4 Å². The third-order valence-electron chi connectivity index (χ3n) is 5.54. The van der Waals surface area contributed by atoms with Gasteiger partial charge >= 0.3 is 0 Å². The molecule has 0 unspecified atom stereocenters. The number of rotatable bonds is 7. The first kappa shape index (κ1) is 22.1. The summed E-state index contributed by atoms with van der Waals surface area (Å²) in [6.07, 6.45) is 0.895. The van der Waals surface area contributed by atoms with Gasteiger partial charge in [0, 0.05) is 50.9 Å². The minimum absolute atomic E-state index is 0.0220. The lowest BCUT2D eigenvalue weighted by atomic mass is 10.2. The van der Waals surface area contributed by atoms with Crippen LogP contribution in [-0.2, 0) is 16.2 Å². The van der Waals surface area contributed by atoms with E-state index < -0.39 is 0 Å². The van der Waals surface area contributed by atoms with Gasteiger partial charge in [-0.1, -0.05) is 23.7 Å². The predicted octanol–water partition coefficient (Wildman–Crippen LogP) is 3.43. The lowest BCUT2D eigenvalue weighted by molar-refractivity contribution is -0.129. The number of hydrogen-bond donors (Lipinski definition) is 0. The van der Waals surface area contributed by atoms with Gasteiger partial charge in [-0.25, -0.2) is 0 Å². The van der Waals surface area contributed by atoms with Crippen molar-refractivity contribution in [3.05, 3.63) is 59.1 Å². The monoisotopic (exact) mass is 429 g/mol. The second-order valence-electron chi connectivity index (χ2n) is 7.67. The number of likely N-dealkylation sites (tertiary alicyclic amines) is 1. The molecule has 3 rings (SSSR count). The number of benzene rings is 2. The molecule has 0 saturated carbocycles. The van der Waals surface area contributed by atoms with Crippen molar-refractivity contribution in [1.82, 2.24) is 9.80 Å². The van der Waals surface area contributed by atoms with Crippen molar-refractivity contribution in [3.8, 4) is 5.75 Å². The normalized spacial score (nSPS) is 16.3. The van der Waals surface area contributed by atoms with E-state index in [4.69, 9.17) is 16.3 Å². The summed E-state index contributed by atoms with van der Waals surface area (Å²) in [6, 6.07) is 15.2. The number of anilines is 1. The zero-order chi connectivity index (χ0) is 21.7. The van der Waals surface area contributed by atoms with Gasteiger partial charge in [0.05, 0.1) is 6.54 Å². The van der Waals surface area contributed by atoms with Crippen LogP contribution in [0.15, 0.2) is 48.5 Å². The van der Waals surface area contributed by atoms with Crippen molar-refractivity contribution in [2.24, 2.45) is 0 Å². The van der Waals surface area contributed by atoms with Crippen LogP contribution < -0.4 is 9.64 Å². The Kier molecular flexibility index (Phi) is 7.34. The average molecular weight is 430 g/mol. The Balaban J connectivity index is 1.50. The Labute approximate surface area is 183 Å². The number of ether oxygens (including phenoxy) is 1. The number of amides is 2. The van der Waals surface area contributed by atoms with Crippen LogP contribution in [0.5, 0.6) is 5.75 Å². The molecule has 0 bridgehead atoms. The van der Waals surface area contributed by atoms with Gasteiger partial charge in [0.15, 0.2) is 0 Å². The number of nitrogens with zero attached hydrogens (tertiary/aromatic N) is 3. The van der Waals surface area contributed by atoms with E-state index in [1.807, 2.05) is 55.6 Å². The molecular formula is C23H28ClN3O3. The molecule has 1 saturated heterocycles. The van der Waals surface area contributed by atoms with Crippen molar-refractivity contribution in [1.29, 1.82) is 0 Å². The molecule has 2 aromatic rings. The van der Waals surface area contributed by atoms with Gasteiger partial charge < -0.3 is 14.5 Å². The highest BCUT2D eigenvalue weighted by molar-refractivity contribution is 6.30. The maximum absolute atomic E-state index is 12.7. The van der Waals surface area contributed by atoms with Gasteiger partial charge in [-0.05, 0) is 48.4 Å². The Morgan fingerprint density at radius 1 is 1.17 bits per heavy atom. The number of carbonyl (C=O) groups excluding carboxylic acids is 2. The second kappa shape index (κ2) is 9.96. The topological polar surface area (TPSA) is 53.1 Å². The maximum Gasteiger partial charge on any atom is 0.240 e. The van der Waals surface area contributed by atoms with Gasteiger partial charge in [0.25, 0.3) is 0 Å². The van der Waals surface area contributed by atoms with Gasteiger partial charge in [-0.2, -0.15) is 0 Å². The molecule has 160 valence electrons. The van der Waals surface area contributed by atoms with Crippen molar-refractivity contribution in [2.45, 2.75) is 26.0 Å². The van der Waals surface area contributed by atoms with Crippen molar-refractivity contribution in [3.63, 3.8) is 0 Å². The van der Waals surface area contributed by atoms with Gasteiger partial charge in [0.2, 0.25) is 11.8 Å². The van der Waals surface area contributed by atoms with Crippen molar-refractivity contribution < 1.29 is 14.3 Å². The van der Waals surface area contributed by atoms with E-state index in [9.17, 15) is 9.59 Å². The van der Waals surface area contributed by atoms with E-state index in [2.05, 4.69) is 4.90 Å². The van der Waals surface area contributed by atoms with Crippen LogP contribution in [0.4, 0.5) is 5.69 Å². The number of halogens is 1. The zero-order valence-corrected chi connectivity index (χ0v) is 18.4. The largest absolute Gasteiger partial charge is 0.489 e. The molecule has 0 N–H and O–H groups in total. The molecule has 1 fully saturated rings. The van der Waals surface area contributed by atoms with Crippen LogP contribution in [0.3, 0.4) is 0 Å². The molecule has 0 aromatic heterocycles. The van der Waals surface area contributed by atoms with E-state index >= 15 is 0 Å².